The van der Waals surface area contributed by atoms with E-state index >= 15 is 0 Å². The second-order valence-corrected chi connectivity index (χ2v) is 5.53. The van der Waals surface area contributed by atoms with Gasteiger partial charge in [-0.05, 0) is 6.08 Å². The molecular formula is C15H18ClN3O7. The molecule has 1 aliphatic heterocycles. The molecule has 2 heterocycles. The van der Waals surface area contributed by atoms with Crippen molar-refractivity contribution in [3.63, 3.8) is 0 Å². The molecule has 0 spiro atoms. The summed E-state index contributed by atoms with van der Waals surface area (Å²) in [6, 6.07) is 0. The number of methoxy groups -OCH3 is 1. The minimum Gasteiger partial charge on any atom is -0.458 e. The number of hydrogen-bond acceptors (Lipinski definition) is 9. The maximum Gasteiger partial charge on any atom is 0.508 e. The Balaban J connectivity index is 2.14. The molecule has 0 amide bonds. The van der Waals surface area contributed by atoms with Gasteiger partial charge in [0.2, 0.25) is 0 Å². The average Bonchev–Trinajstić information content (AvgIpc) is 2.96. The van der Waals surface area contributed by atoms with E-state index in [1.54, 1.807) is 0 Å². The molecule has 0 unspecified atom stereocenters. The van der Waals surface area contributed by atoms with Crippen molar-refractivity contribution >= 4 is 35.6 Å². The lowest BCUT2D eigenvalue weighted by Crippen LogP contribution is -2.34. The van der Waals surface area contributed by atoms with Gasteiger partial charge in [-0.2, -0.15) is 4.98 Å². The van der Waals surface area contributed by atoms with Gasteiger partial charge in [0.15, 0.2) is 6.23 Å². The Morgan fingerprint density at radius 1 is 1.54 bits per heavy atom. The zero-order valence-electron chi connectivity index (χ0n) is 14.1. The van der Waals surface area contributed by atoms with E-state index in [2.05, 4.69) is 20.0 Å². The third kappa shape index (κ3) is 5.46. The predicted molar refractivity (Wildman–Crippen MR) is 90.6 cm³/mol. The lowest BCUT2D eigenvalue weighted by atomic mass is 10.2. The zero-order valence-corrected chi connectivity index (χ0v) is 14.8. The number of anilines is 1. The fourth-order valence-corrected chi connectivity index (χ4v) is 2.50. The quantitative estimate of drug-likeness (QED) is 0.692. The fourth-order valence-electron chi connectivity index (χ4n) is 2.36. The number of aromatic nitrogens is 2. The summed E-state index contributed by atoms with van der Waals surface area (Å²) >= 11 is 5.58. The number of rotatable bonds is 6. The van der Waals surface area contributed by atoms with Crippen LogP contribution >= 0.6 is 11.6 Å². The second-order valence-electron chi connectivity index (χ2n) is 5.27. The van der Waals surface area contributed by atoms with Gasteiger partial charge in [0.05, 0.1) is 13.2 Å². The molecule has 0 radical (unpaired) electrons. The van der Waals surface area contributed by atoms with Gasteiger partial charge in [-0.1, -0.05) is 11.6 Å². The highest BCUT2D eigenvalue weighted by atomic mass is 35.5. The second kappa shape index (κ2) is 9.20. The van der Waals surface area contributed by atoms with E-state index in [0.29, 0.717) is 5.56 Å². The molecule has 0 saturated carbocycles. The van der Waals surface area contributed by atoms with Gasteiger partial charge in [0, 0.05) is 30.6 Å². The minimum absolute atomic E-state index is 0.0835. The number of carbonyl (C=O) groups excluding carboxylic acids is 2. The van der Waals surface area contributed by atoms with Crippen molar-refractivity contribution < 1.29 is 28.5 Å². The largest absolute Gasteiger partial charge is 0.508 e. The number of aromatic amines is 1. The smallest absolute Gasteiger partial charge is 0.458 e. The maximum absolute atomic E-state index is 11.5. The Morgan fingerprint density at radius 3 is 2.96 bits per heavy atom. The topological polar surface area (TPSA) is 129 Å². The first-order valence-electron chi connectivity index (χ1n) is 7.59. The van der Waals surface area contributed by atoms with E-state index in [-0.39, 0.29) is 18.8 Å². The van der Waals surface area contributed by atoms with E-state index in [4.69, 9.17) is 25.8 Å². The third-order valence-corrected chi connectivity index (χ3v) is 3.53. The van der Waals surface area contributed by atoms with Crippen LogP contribution in [-0.4, -0.2) is 54.2 Å². The van der Waals surface area contributed by atoms with Crippen LogP contribution in [0.4, 0.5) is 10.6 Å². The first-order valence-corrected chi connectivity index (χ1v) is 8.03. The summed E-state index contributed by atoms with van der Waals surface area (Å²) in [6.45, 7) is 1.18. The molecule has 1 aromatic rings. The SMILES string of the molecule is COC(=O)OC[C@@H]1C[C@@H](OC(C)=O)[C@H](Nc2nc(=O)[nH]cc2C=CCl)O1. The standard InChI is InChI=1S/C15H18ClN3O7/c1-8(20)25-11-5-10(7-24-15(22)23-2)26-13(11)18-12-9(3-4-16)6-17-14(21)19-12/h3-4,6,10-11,13H,5,7H2,1-2H3,(H2,17,18,19,21)/t10-,11+,13+/m0/s1. The van der Waals surface area contributed by atoms with E-state index in [9.17, 15) is 14.4 Å². The number of nitrogens with one attached hydrogen (secondary N) is 2. The number of H-pyrrole nitrogens is 1. The van der Waals surface area contributed by atoms with Gasteiger partial charge in [0.25, 0.3) is 0 Å². The first-order chi connectivity index (χ1) is 12.4. The summed E-state index contributed by atoms with van der Waals surface area (Å²) < 4.78 is 20.2. The molecule has 1 aliphatic rings. The molecule has 26 heavy (non-hydrogen) atoms. The molecule has 2 N–H and O–H groups in total. The highest BCUT2D eigenvalue weighted by molar-refractivity contribution is 6.27. The van der Waals surface area contributed by atoms with Crippen molar-refractivity contribution in [3.05, 3.63) is 27.8 Å². The van der Waals surface area contributed by atoms with Crippen LogP contribution in [0.15, 0.2) is 16.5 Å². The third-order valence-electron chi connectivity index (χ3n) is 3.40. The van der Waals surface area contributed by atoms with Gasteiger partial charge >= 0.3 is 17.8 Å². The summed E-state index contributed by atoms with van der Waals surface area (Å²) in [5, 5.41) is 2.91. The number of esters is 1. The average molecular weight is 388 g/mol. The van der Waals surface area contributed by atoms with Crippen molar-refractivity contribution in [3.8, 4) is 0 Å². The van der Waals surface area contributed by atoms with Crippen molar-refractivity contribution in [2.45, 2.75) is 31.8 Å². The van der Waals surface area contributed by atoms with Crippen molar-refractivity contribution in [2.75, 3.05) is 19.0 Å². The van der Waals surface area contributed by atoms with Crippen LogP contribution in [0.2, 0.25) is 0 Å². The van der Waals surface area contributed by atoms with Crippen LogP contribution < -0.4 is 11.0 Å². The number of ether oxygens (including phenoxy) is 4. The Bertz CT molecular complexity index is 736. The zero-order chi connectivity index (χ0) is 19.1. The van der Waals surface area contributed by atoms with Gasteiger partial charge in [-0.15, -0.1) is 0 Å². The molecule has 0 aromatic carbocycles. The molecule has 1 fully saturated rings. The van der Waals surface area contributed by atoms with Gasteiger partial charge in [-0.3, -0.25) is 4.79 Å². The van der Waals surface area contributed by atoms with Gasteiger partial charge in [0.1, 0.15) is 18.5 Å². The summed E-state index contributed by atoms with van der Waals surface area (Å²) in [5.41, 5.74) is 1.18. The van der Waals surface area contributed by atoms with Gasteiger partial charge < -0.3 is 29.2 Å². The lowest BCUT2D eigenvalue weighted by Gasteiger charge is -2.20. The van der Waals surface area contributed by atoms with Crippen LogP contribution in [0, 0.1) is 0 Å². The van der Waals surface area contributed by atoms with E-state index < -0.39 is 36.3 Å². The summed E-state index contributed by atoms with van der Waals surface area (Å²) in [5.74, 6) is -0.304. The molecule has 0 aliphatic carbocycles. The minimum atomic E-state index is -0.847. The summed E-state index contributed by atoms with van der Waals surface area (Å²) in [4.78, 5) is 40.2. The van der Waals surface area contributed by atoms with E-state index in [0.717, 1.165) is 0 Å². The molecule has 0 bridgehead atoms. The fraction of sp³-hybridized carbons (Fsp3) is 0.467. The Morgan fingerprint density at radius 2 is 2.31 bits per heavy atom. The van der Waals surface area contributed by atoms with Crippen LogP contribution in [0.3, 0.4) is 0 Å². The van der Waals surface area contributed by atoms with E-state index in [1.807, 2.05) is 0 Å². The lowest BCUT2D eigenvalue weighted by molar-refractivity contribution is -0.148. The van der Waals surface area contributed by atoms with Crippen LogP contribution in [-0.2, 0) is 23.7 Å². The number of nitrogens with zero attached hydrogens (tertiary/aromatic N) is 1. The van der Waals surface area contributed by atoms with Crippen molar-refractivity contribution in [1.82, 2.24) is 9.97 Å². The molecule has 142 valence electrons. The Hall–Kier alpha value is -2.59. The monoisotopic (exact) mass is 387 g/mol. The van der Waals surface area contributed by atoms with Crippen LogP contribution in [0.25, 0.3) is 6.08 Å². The maximum atomic E-state index is 11.5. The van der Waals surface area contributed by atoms with Crippen molar-refractivity contribution in [2.24, 2.45) is 0 Å². The molecule has 1 saturated heterocycles. The normalized spacial score (nSPS) is 22.2. The molecule has 1 aromatic heterocycles. The van der Waals surface area contributed by atoms with Crippen LogP contribution in [0.5, 0.6) is 0 Å². The molecular weight excluding hydrogens is 370 g/mol. The summed E-state index contributed by atoms with van der Waals surface area (Å²) in [7, 11) is 1.19. The Labute approximate surface area is 153 Å². The van der Waals surface area contributed by atoms with E-state index in [1.165, 1.54) is 31.8 Å². The van der Waals surface area contributed by atoms with Crippen LogP contribution in [0.1, 0.15) is 18.9 Å². The van der Waals surface area contributed by atoms with Crippen molar-refractivity contribution in [1.29, 1.82) is 0 Å². The number of carbonyl (C=O) groups is 2. The molecule has 11 heteroatoms. The Kier molecular flexibility index (Phi) is 6.98. The first kappa shape index (κ1) is 19.7. The predicted octanol–water partition coefficient (Wildman–Crippen LogP) is 1.22. The highest BCUT2D eigenvalue weighted by Gasteiger charge is 2.38. The summed E-state index contributed by atoms with van der Waals surface area (Å²) in [6.07, 6.45) is 0.349. The number of halogens is 1. The highest BCUT2D eigenvalue weighted by Crippen LogP contribution is 2.26. The molecule has 2 rings (SSSR count). The van der Waals surface area contributed by atoms with Gasteiger partial charge in [-0.25, -0.2) is 9.59 Å². The molecule has 10 nitrogen and oxygen atoms in total. The number of hydrogen-bond donors (Lipinski definition) is 2. The molecule has 3 atom stereocenters.